The molecule has 0 aromatic carbocycles. The van der Waals surface area contributed by atoms with Crippen molar-refractivity contribution in [3.05, 3.63) is 11.1 Å². The summed E-state index contributed by atoms with van der Waals surface area (Å²) >= 11 is 1.58. The van der Waals surface area contributed by atoms with Crippen LogP contribution in [0, 0.1) is 0 Å². The molecule has 7 nitrogen and oxygen atoms in total. The Morgan fingerprint density at radius 1 is 1.39 bits per heavy atom. The highest BCUT2D eigenvalue weighted by Gasteiger charge is 2.16. The number of nitrogens with zero attached hydrogens (tertiary/aromatic N) is 3. The summed E-state index contributed by atoms with van der Waals surface area (Å²) in [5.74, 6) is 0.254. The first-order chi connectivity index (χ1) is 10.7. The summed E-state index contributed by atoms with van der Waals surface area (Å²) in [4.78, 5) is 22.6. The molecule has 0 unspecified atom stereocenters. The molecule has 130 valence electrons. The first-order valence-electron chi connectivity index (χ1n) is 7.57. The molecule has 0 amide bonds. The third kappa shape index (κ3) is 7.83. The van der Waals surface area contributed by atoms with Crippen molar-refractivity contribution in [1.82, 2.24) is 15.6 Å². The maximum absolute atomic E-state index is 11.7. The summed E-state index contributed by atoms with van der Waals surface area (Å²) in [5, 5.41) is 9.00. The number of esters is 1. The molecule has 0 saturated heterocycles. The number of hydrogen-bond donors (Lipinski definition) is 2. The number of aliphatic imine (C=N–C) groups is 1. The molecule has 0 bridgehead atoms. The van der Waals surface area contributed by atoms with Crippen LogP contribution in [0.3, 0.4) is 0 Å². The average Bonchev–Trinajstić information content (AvgIpc) is 2.89. The van der Waals surface area contributed by atoms with Gasteiger partial charge in [-0.05, 0) is 27.7 Å². The van der Waals surface area contributed by atoms with Crippen molar-refractivity contribution in [3.63, 3.8) is 0 Å². The topological polar surface area (TPSA) is 78.9 Å². The Bertz CT molecular complexity index is 534. The second-order valence-corrected chi connectivity index (χ2v) is 6.99. The van der Waals surface area contributed by atoms with Gasteiger partial charge in [-0.15, -0.1) is 11.3 Å². The van der Waals surface area contributed by atoms with Gasteiger partial charge < -0.3 is 20.3 Å². The third-order valence-electron chi connectivity index (χ3n) is 2.49. The molecule has 1 heterocycles. The average molecular weight is 341 g/mol. The van der Waals surface area contributed by atoms with E-state index in [1.807, 2.05) is 52.1 Å². The van der Waals surface area contributed by atoms with Crippen LogP contribution in [0.1, 0.15) is 33.4 Å². The van der Waals surface area contributed by atoms with Gasteiger partial charge in [0.25, 0.3) is 0 Å². The van der Waals surface area contributed by atoms with Gasteiger partial charge in [-0.1, -0.05) is 0 Å². The molecule has 0 saturated carbocycles. The van der Waals surface area contributed by atoms with Gasteiger partial charge in [0.05, 0.1) is 12.2 Å². The monoisotopic (exact) mass is 341 g/mol. The van der Waals surface area contributed by atoms with E-state index in [0.29, 0.717) is 19.0 Å². The van der Waals surface area contributed by atoms with Gasteiger partial charge in [0.1, 0.15) is 12.1 Å². The lowest BCUT2D eigenvalue weighted by atomic mass is 10.2. The molecule has 0 atom stereocenters. The van der Waals surface area contributed by atoms with E-state index >= 15 is 0 Å². The minimum absolute atomic E-state index is 0.0725. The molecular formula is C15H27N5O2S. The van der Waals surface area contributed by atoms with Crippen molar-refractivity contribution < 1.29 is 9.53 Å². The van der Waals surface area contributed by atoms with Crippen LogP contribution in [0.5, 0.6) is 0 Å². The first-order valence-corrected chi connectivity index (χ1v) is 8.45. The Hall–Kier alpha value is -1.83. The number of nitrogens with one attached hydrogen (secondary N) is 2. The van der Waals surface area contributed by atoms with E-state index in [0.717, 1.165) is 10.8 Å². The molecule has 0 spiro atoms. The third-order valence-corrected chi connectivity index (χ3v) is 3.54. The maximum atomic E-state index is 11.7. The summed E-state index contributed by atoms with van der Waals surface area (Å²) in [6.07, 6.45) is 0. The summed E-state index contributed by atoms with van der Waals surface area (Å²) in [6, 6.07) is 0. The molecule has 0 radical (unpaired) electrons. The second kappa shape index (κ2) is 8.71. The summed E-state index contributed by atoms with van der Waals surface area (Å²) in [6.45, 7) is 8.73. The van der Waals surface area contributed by atoms with Crippen LogP contribution in [0.15, 0.2) is 10.4 Å². The molecule has 0 fully saturated rings. The molecule has 1 aromatic heterocycles. The van der Waals surface area contributed by atoms with Crippen LogP contribution in [-0.4, -0.2) is 49.7 Å². The second-order valence-electron chi connectivity index (χ2n) is 6.15. The smallest absolute Gasteiger partial charge is 0.325 e. The highest BCUT2D eigenvalue weighted by molar-refractivity contribution is 7.13. The van der Waals surface area contributed by atoms with Crippen molar-refractivity contribution >= 4 is 28.4 Å². The van der Waals surface area contributed by atoms with Crippen LogP contribution in [0.2, 0.25) is 0 Å². The first kappa shape index (κ1) is 19.2. The molecule has 1 aromatic rings. The van der Waals surface area contributed by atoms with E-state index in [9.17, 15) is 4.79 Å². The van der Waals surface area contributed by atoms with E-state index in [2.05, 4.69) is 20.6 Å². The minimum atomic E-state index is -0.489. The zero-order chi connectivity index (χ0) is 17.5. The van der Waals surface area contributed by atoms with Crippen LogP contribution >= 0.6 is 11.3 Å². The van der Waals surface area contributed by atoms with Gasteiger partial charge in [-0.3, -0.25) is 4.79 Å². The molecule has 2 N–H and O–H groups in total. The van der Waals surface area contributed by atoms with Gasteiger partial charge in [0.2, 0.25) is 0 Å². The van der Waals surface area contributed by atoms with Crippen LogP contribution in [-0.2, 0) is 16.1 Å². The van der Waals surface area contributed by atoms with Crippen molar-refractivity contribution in [2.24, 2.45) is 4.99 Å². The minimum Gasteiger partial charge on any atom is -0.459 e. The standard InChI is InChI=1S/C15H27N5O2S/c1-7-16-13(18-9-12(21)22-15(2,3)4)17-8-11-10-23-14(19-11)20(5)6/h10H,7-9H2,1-6H3,(H2,16,17,18). The van der Waals surface area contributed by atoms with Gasteiger partial charge in [-0.25, -0.2) is 9.98 Å². The number of aromatic nitrogens is 1. The quantitative estimate of drug-likeness (QED) is 0.465. The number of carbonyl (C=O) groups excluding carboxylic acids is 1. The number of carbonyl (C=O) groups is 1. The van der Waals surface area contributed by atoms with Crippen LogP contribution < -0.4 is 15.5 Å². The van der Waals surface area contributed by atoms with E-state index in [1.165, 1.54) is 0 Å². The molecule has 8 heteroatoms. The number of thiazole rings is 1. The van der Waals surface area contributed by atoms with Crippen molar-refractivity contribution in [2.75, 3.05) is 32.1 Å². The molecule has 1 rings (SSSR count). The van der Waals surface area contributed by atoms with Gasteiger partial charge in [-0.2, -0.15) is 0 Å². The zero-order valence-electron chi connectivity index (χ0n) is 14.8. The fraction of sp³-hybridized carbons (Fsp3) is 0.667. The van der Waals surface area contributed by atoms with Crippen molar-refractivity contribution in [2.45, 2.75) is 39.8 Å². The van der Waals surface area contributed by atoms with Gasteiger partial charge in [0.15, 0.2) is 11.1 Å². The van der Waals surface area contributed by atoms with E-state index in [1.54, 1.807) is 11.3 Å². The molecule has 23 heavy (non-hydrogen) atoms. The fourth-order valence-electron chi connectivity index (χ4n) is 1.61. The predicted octanol–water partition coefficient (Wildman–Crippen LogP) is 1.61. The Balaban J connectivity index is 2.57. The van der Waals surface area contributed by atoms with Gasteiger partial charge in [0, 0.05) is 26.0 Å². The zero-order valence-corrected chi connectivity index (χ0v) is 15.6. The van der Waals surface area contributed by atoms with Crippen LogP contribution in [0.25, 0.3) is 0 Å². The summed E-state index contributed by atoms with van der Waals surface area (Å²) in [5.41, 5.74) is 0.408. The maximum Gasteiger partial charge on any atom is 0.325 e. The number of rotatable bonds is 6. The number of guanidine groups is 1. The van der Waals surface area contributed by atoms with E-state index in [4.69, 9.17) is 4.74 Å². The molecule has 0 aliphatic heterocycles. The highest BCUT2D eigenvalue weighted by atomic mass is 32.1. The molecule has 0 aliphatic rings. The molecule has 0 aliphatic carbocycles. The Kier molecular flexibility index (Phi) is 7.28. The Labute approximate surface area is 142 Å². The van der Waals surface area contributed by atoms with Crippen LogP contribution in [0.4, 0.5) is 5.13 Å². The predicted molar refractivity (Wildman–Crippen MR) is 95.1 cm³/mol. The lowest BCUT2D eigenvalue weighted by Gasteiger charge is -2.20. The largest absolute Gasteiger partial charge is 0.459 e. The lowest BCUT2D eigenvalue weighted by Crippen LogP contribution is -2.41. The fourth-order valence-corrected chi connectivity index (χ4v) is 2.36. The Morgan fingerprint density at radius 2 is 2.09 bits per heavy atom. The van der Waals surface area contributed by atoms with E-state index < -0.39 is 5.60 Å². The summed E-state index contributed by atoms with van der Waals surface area (Å²) in [7, 11) is 3.91. The SMILES string of the molecule is CCNC(=NCc1csc(N(C)C)n1)NCC(=O)OC(C)(C)C. The lowest BCUT2D eigenvalue weighted by molar-refractivity contribution is -0.153. The van der Waals surface area contributed by atoms with Crippen molar-refractivity contribution in [3.8, 4) is 0 Å². The van der Waals surface area contributed by atoms with E-state index in [-0.39, 0.29) is 12.5 Å². The number of ether oxygens (including phenoxy) is 1. The van der Waals surface area contributed by atoms with Crippen molar-refractivity contribution in [1.29, 1.82) is 0 Å². The molecular weight excluding hydrogens is 314 g/mol. The number of hydrogen-bond acceptors (Lipinski definition) is 6. The summed E-state index contributed by atoms with van der Waals surface area (Å²) < 4.78 is 5.26. The normalized spacial score (nSPS) is 12.0. The Morgan fingerprint density at radius 3 is 2.61 bits per heavy atom. The number of anilines is 1. The highest BCUT2D eigenvalue weighted by Crippen LogP contribution is 2.18. The van der Waals surface area contributed by atoms with Gasteiger partial charge >= 0.3 is 5.97 Å².